The SMILES string of the molecule is Cc1oc(CNC2CC2)cc1COCc1ccccc1. The van der Waals surface area contributed by atoms with Crippen molar-refractivity contribution in [3.63, 3.8) is 0 Å². The molecule has 0 unspecified atom stereocenters. The molecule has 0 aliphatic heterocycles. The van der Waals surface area contributed by atoms with Gasteiger partial charge in [0.25, 0.3) is 0 Å². The third-order valence-electron chi connectivity index (χ3n) is 3.58. The first-order valence-electron chi connectivity index (χ1n) is 7.24. The maximum atomic E-state index is 5.76. The van der Waals surface area contributed by atoms with E-state index in [0.29, 0.717) is 19.3 Å². The summed E-state index contributed by atoms with van der Waals surface area (Å²) in [5.41, 5.74) is 2.35. The quantitative estimate of drug-likeness (QED) is 0.836. The van der Waals surface area contributed by atoms with Crippen LogP contribution in [0.2, 0.25) is 0 Å². The van der Waals surface area contributed by atoms with Gasteiger partial charge in [0, 0.05) is 11.6 Å². The highest BCUT2D eigenvalue weighted by atomic mass is 16.5. The first-order chi connectivity index (χ1) is 9.81. The molecule has 0 spiro atoms. The van der Waals surface area contributed by atoms with Gasteiger partial charge in [-0.2, -0.15) is 0 Å². The number of ether oxygens (including phenoxy) is 1. The molecule has 3 heteroatoms. The lowest BCUT2D eigenvalue weighted by Crippen LogP contribution is -2.14. The van der Waals surface area contributed by atoms with Crippen LogP contribution in [0.15, 0.2) is 40.8 Å². The lowest BCUT2D eigenvalue weighted by Gasteiger charge is -2.03. The van der Waals surface area contributed by atoms with Crippen LogP contribution < -0.4 is 5.32 Å². The number of rotatable bonds is 7. The smallest absolute Gasteiger partial charge is 0.118 e. The molecule has 0 saturated heterocycles. The number of hydrogen-bond acceptors (Lipinski definition) is 3. The van der Waals surface area contributed by atoms with Gasteiger partial charge in [-0.05, 0) is 31.4 Å². The van der Waals surface area contributed by atoms with Gasteiger partial charge in [0.1, 0.15) is 11.5 Å². The van der Waals surface area contributed by atoms with Gasteiger partial charge in [0.05, 0.1) is 19.8 Å². The fraction of sp³-hybridized carbons (Fsp3) is 0.412. The van der Waals surface area contributed by atoms with E-state index in [-0.39, 0.29) is 0 Å². The molecule has 3 nitrogen and oxygen atoms in total. The minimum atomic E-state index is 0.605. The second kappa shape index (κ2) is 6.25. The van der Waals surface area contributed by atoms with E-state index in [4.69, 9.17) is 9.15 Å². The Labute approximate surface area is 119 Å². The van der Waals surface area contributed by atoms with Crippen molar-refractivity contribution >= 4 is 0 Å². The van der Waals surface area contributed by atoms with Crippen LogP contribution in [0.25, 0.3) is 0 Å². The van der Waals surface area contributed by atoms with E-state index in [1.165, 1.54) is 18.4 Å². The topological polar surface area (TPSA) is 34.4 Å². The van der Waals surface area contributed by atoms with Crippen molar-refractivity contribution in [3.8, 4) is 0 Å². The van der Waals surface area contributed by atoms with Crippen molar-refractivity contribution in [2.75, 3.05) is 0 Å². The molecular weight excluding hydrogens is 250 g/mol. The molecule has 1 aliphatic carbocycles. The second-order valence-corrected chi connectivity index (χ2v) is 5.43. The Balaban J connectivity index is 1.49. The molecule has 0 amide bonds. The molecule has 2 aromatic rings. The Kier molecular flexibility index (Phi) is 4.19. The van der Waals surface area contributed by atoms with Gasteiger partial charge < -0.3 is 14.5 Å². The largest absolute Gasteiger partial charge is 0.465 e. The predicted molar refractivity (Wildman–Crippen MR) is 78.2 cm³/mol. The number of benzene rings is 1. The Morgan fingerprint density at radius 3 is 2.75 bits per heavy atom. The van der Waals surface area contributed by atoms with Crippen LogP contribution in [0, 0.1) is 6.92 Å². The molecule has 20 heavy (non-hydrogen) atoms. The lowest BCUT2D eigenvalue weighted by molar-refractivity contribution is 0.106. The van der Waals surface area contributed by atoms with Crippen molar-refractivity contribution in [3.05, 3.63) is 59.0 Å². The number of hydrogen-bond donors (Lipinski definition) is 1. The summed E-state index contributed by atoms with van der Waals surface area (Å²) < 4.78 is 11.5. The number of nitrogens with one attached hydrogen (secondary N) is 1. The summed E-state index contributed by atoms with van der Waals surface area (Å²) >= 11 is 0. The average molecular weight is 271 g/mol. The van der Waals surface area contributed by atoms with E-state index < -0.39 is 0 Å². The zero-order valence-electron chi connectivity index (χ0n) is 11.9. The van der Waals surface area contributed by atoms with Crippen molar-refractivity contribution in [2.24, 2.45) is 0 Å². The van der Waals surface area contributed by atoms with Crippen LogP contribution in [-0.2, 0) is 24.5 Å². The Morgan fingerprint density at radius 2 is 2.00 bits per heavy atom. The summed E-state index contributed by atoms with van der Waals surface area (Å²) in [7, 11) is 0. The summed E-state index contributed by atoms with van der Waals surface area (Å²) in [5, 5.41) is 3.46. The van der Waals surface area contributed by atoms with Crippen LogP contribution in [0.5, 0.6) is 0 Å². The third-order valence-corrected chi connectivity index (χ3v) is 3.58. The first kappa shape index (κ1) is 13.4. The molecule has 1 fully saturated rings. The highest BCUT2D eigenvalue weighted by Crippen LogP contribution is 2.21. The molecule has 1 saturated carbocycles. The highest BCUT2D eigenvalue weighted by Gasteiger charge is 2.20. The molecule has 106 valence electrons. The van der Waals surface area contributed by atoms with E-state index in [9.17, 15) is 0 Å². The van der Waals surface area contributed by atoms with Gasteiger partial charge in [-0.25, -0.2) is 0 Å². The monoisotopic (exact) mass is 271 g/mol. The highest BCUT2D eigenvalue weighted by molar-refractivity contribution is 5.20. The van der Waals surface area contributed by atoms with Crippen molar-refractivity contribution in [1.29, 1.82) is 0 Å². The molecular formula is C17H21NO2. The van der Waals surface area contributed by atoms with Crippen LogP contribution in [0.1, 0.15) is 35.5 Å². The molecule has 1 aromatic heterocycles. The van der Waals surface area contributed by atoms with Crippen LogP contribution >= 0.6 is 0 Å². The molecule has 0 bridgehead atoms. The van der Waals surface area contributed by atoms with Gasteiger partial charge in [-0.3, -0.25) is 0 Å². The summed E-state index contributed by atoms with van der Waals surface area (Å²) in [4.78, 5) is 0. The molecule has 1 aliphatic rings. The van der Waals surface area contributed by atoms with E-state index in [2.05, 4.69) is 23.5 Å². The van der Waals surface area contributed by atoms with Crippen LogP contribution in [0.3, 0.4) is 0 Å². The normalized spacial score (nSPS) is 14.7. The minimum absolute atomic E-state index is 0.605. The van der Waals surface area contributed by atoms with Gasteiger partial charge >= 0.3 is 0 Å². The summed E-state index contributed by atoms with van der Waals surface area (Å²) in [6.07, 6.45) is 2.60. The Bertz CT molecular complexity index is 543. The standard InChI is InChI=1S/C17H21NO2/c1-13-15(9-17(20-13)10-18-16-7-8-16)12-19-11-14-5-3-2-4-6-14/h2-6,9,16,18H,7-8,10-12H2,1H3. The Hall–Kier alpha value is -1.58. The summed E-state index contributed by atoms with van der Waals surface area (Å²) in [6, 6.07) is 13.0. The fourth-order valence-electron chi connectivity index (χ4n) is 2.20. The third kappa shape index (κ3) is 3.71. The lowest BCUT2D eigenvalue weighted by atomic mass is 10.2. The molecule has 1 N–H and O–H groups in total. The molecule has 1 heterocycles. The number of furan rings is 1. The van der Waals surface area contributed by atoms with Crippen molar-refractivity contribution in [2.45, 2.75) is 45.6 Å². The molecule has 0 radical (unpaired) electrons. The minimum Gasteiger partial charge on any atom is -0.465 e. The van der Waals surface area contributed by atoms with Crippen molar-refractivity contribution < 1.29 is 9.15 Å². The van der Waals surface area contributed by atoms with E-state index in [0.717, 1.165) is 23.6 Å². The first-order valence-corrected chi connectivity index (χ1v) is 7.24. The Morgan fingerprint density at radius 1 is 1.20 bits per heavy atom. The second-order valence-electron chi connectivity index (χ2n) is 5.43. The predicted octanol–water partition coefficient (Wildman–Crippen LogP) is 3.56. The maximum absolute atomic E-state index is 5.76. The van der Waals surface area contributed by atoms with Crippen LogP contribution in [0.4, 0.5) is 0 Å². The molecule has 1 aromatic carbocycles. The summed E-state index contributed by atoms with van der Waals surface area (Å²) in [5.74, 6) is 1.97. The van der Waals surface area contributed by atoms with Crippen molar-refractivity contribution in [1.82, 2.24) is 5.32 Å². The van der Waals surface area contributed by atoms with Gasteiger partial charge in [0.2, 0.25) is 0 Å². The van der Waals surface area contributed by atoms with Gasteiger partial charge in [0.15, 0.2) is 0 Å². The van der Waals surface area contributed by atoms with E-state index in [1.807, 2.05) is 25.1 Å². The zero-order chi connectivity index (χ0) is 13.8. The molecule has 3 rings (SSSR count). The zero-order valence-corrected chi connectivity index (χ0v) is 11.9. The summed E-state index contributed by atoms with van der Waals surface area (Å²) in [6.45, 7) is 4.07. The fourth-order valence-corrected chi connectivity index (χ4v) is 2.20. The van der Waals surface area contributed by atoms with Crippen LogP contribution in [-0.4, -0.2) is 6.04 Å². The van der Waals surface area contributed by atoms with Gasteiger partial charge in [-0.15, -0.1) is 0 Å². The van der Waals surface area contributed by atoms with E-state index >= 15 is 0 Å². The number of aryl methyl sites for hydroxylation is 1. The average Bonchev–Trinajstić information content (AvgIpc) is 3.23. The van der Waals surface area contributed by atoms with E-state index in [1.54, 1.807) is 0 Å². The van der Waals surface area contributed by atoms with Gasteiger partial charge in [-0.1, -0.05) is 30.3 Å². The maximum Gasteiger partial charge on any atom is 0.118 e. The molecule has 0 atom stereocenters.